The van der Waals surface area contributed by atoms with E-state index in [1.807, 2.05) is 0 Å². The van der Waals surface area contributed by atoms with Crippen molar-refractivity contribution >= 4 is 10.0 Å². The number of ether oxygens (including phenoxy) is 3. The summed E-state index contributed by atoms with van der Waals surface area (Å²) in [7, 11) is -0.191. The van der Waals surface area contributed by atoms with Gasteiger partial charge >= 0.3 is 0 Å². The van der Waals surface area contributed by atoms with Gasteiger partial charge in [0.2, 0.25) is 10.0 Å². The first-order chi connectivity index (χ1) is 12.0. The Morgan fingerprint density at radius 3 is 2.48 bits per heavy atom. The van der Waals surface area contributed by atoms with E-state index >= 15 is 0 Å². The molecule has 0 N–H and O–H groups in total. The molecule has 0 bridgehead atoms. The van der Waals surface area contributed by atoms with Crippen molar-refractivity contribution in [2.45, 2.75) is 36.2 Å². The van der Waals surface area contributed by atoms with Gasteiger partial charge in [-0.05, 0) is 55.9 Å². The van der Waals surface area contributed by atoms with Crippen molar-refractivity contribution < 1.29 is 22.6 Å². The Kier molecular flexibility index (Phi) is 5.68. The van der Waals surface area contributed by atoms with Crippen molar-refractivity contribution in [2.24, 2.45) is 5.92 Å². The van der Waals surface area contributed by atoms with Crippen LogP contribution in [-0.4, -0.2) is 58.8 Å². The normalized spacial score (nSPS) is 23.8. The van der Waals surface area contributed by atoms with Crippen LogP contribution in [0, 0.1) is 5.92 Å². The van der Waals surface area contributed by atoms with Crippen LogP contribution in [-0.2, 0) is 19.5 Å². The smallest absolute Gasteiger partial charge is 0.243 e. The molecular weight excluding hydrogens is 342 g/mol. The summed E-state index contributed by atoms with van der Waals surface area (Å²) in [6, 6.07) is 6.57. The van der Waals surface area contributed by atoms with Crippen LogP contribution in [0.2, 0.25) is 0 Å². The molecule has 25 heavy (non-hydrogen) atoms. The maximum atomic E-state index is 12.9. The molecule has 2 saturated heterocycles. The number of sulfonamides is 1. The highest BCUT2D eigenvalue weighted by molar-refractivity contribution is 7.89. The lowest BCUT2D eigenvalue weighted by molar-refractivity contribution is -0.0603. The van der Waals surface area contributed by atoms with Crippen LogP contribution in [0.5, 0.6) is 5.75 Å². The molecule has 6 nitrogen and oxygen atoms in total. The van der Waals surface area contributed by atoms with Crippen LogP contribution in [0.1, 0.15) is 25.7 Å². The molecule has 0 unspecified atom stereocenters. The Hall–Kier alpha value is -1.15. The number of rotatable bonds is 6. The Morgan fingerprint density at radius 2 is 1.88 bits per heavy atom. The maximum Gasteiger partial charge on any atom is 0.243 e. The van der Waals surface area contributed by atoms with Gasteiger partial charge in [-0.3, -0.25) is 0 Å². The van der Waals surface area contributed by atoms with E-state index in [1.165, 1.54) is 0 Å². The second kappa shape index (κ2) is 7.61. The van der Waals surface area contributed by atoms with Crippen molar-refractivity contribution in [3.05, 3.63) is 24.3 Å². The molecule has 1 atom stereocenters. The highest BCUT2D eigenvalue weighted by Crippen LogP contribution is 2.43. The van der Waals surface area contributed by atoms with Crippen LogP contribution in [0.3, 0.4) is 0 Å². The molecule has 1 spiro atoms. The van der Waals surface area contributed by atoms with E-state index < -0.39 is 10.0 Å². The number of benzene rings is 1. The monoisotopic (exact) mass is 369 g/mol. The SMILES string of the molecule is COCC[C@@H]1CCOC12CCN(S(=O)(=O)c1ccc(OC)cc1)CC2. The summed E-state index contributed by atoms with van der Waals surface area (Å²) in [6.45, 7) is 2.49. The molecule has 2 heterocycles. The van der Waals surface area contributed by atoms with Gasteiger partial charge < -0.3 is 14.2 Å². The van der Waals surface area contributed by atoms with E-state index in [0.717, 1.165) is 38.9 Å². The minimum absolute atomic E-state index is 0.176. The number of hydrogen-bond donors (Lipinski definition) is 0. The van der Waals surface area contributed by atoms with E-state index in [4.69, 9.17) is 14.2 Å². The van der Waals surface area contributed by atoms with Crippen LogP contribution in [0.4, 0.5) is 0 Å². The highest BCUT2D eigenvalue weighted by atomic mass is 32.2. The third-order valence-electron chi connectivity index (χ3n) is 5.54. The topological polar surface area (TPSA) is 65.1 Å². The zero-order valence-corrected chi connectivity index (χ0v) is 15.8. The lowest BCUT2D eigenvalue weighted by Crippen LogP contribution is -2.49. The molecular formula is C18H27NO5S. The second-order valence-corrected chi connectivity index (χ2v) is 8.70. The van der Waals surface area contributed by atoms with Crippen molar-refractivity contribution in [3.63, 3.8) is 0 Å². The van der Waals surface area contributed by atoms with Gasteiger partial charge in [0.05, 0.1) is 17.6 Å². The van der Waals surface area contributed by atoms with Gasteiger partial charge in [-0.15, -0.1) is 0 Å². The minimum Gasteiger partial charge on any atom is -0.497 e. The minimum atomic E-state index is -3.47. The van der Waals surface area contributed by atoms with Gasteiger partial charge in [0, 0.05) is 33.4 Å². The summed E-state index contributed by atoms with van der Waals surface area (Å²) in [6.07, 6.45) is 3.50. The Balaban J connectivity index is 1.68. The van der Waals surface area contributed by atoms with Gasteiger partial charge in [-0.2, -0.15) is 4.31 Å². The van der Waals surface area contributed by atoms with E-state index in [1.54, 1.807) is 42.8 Å². The first-order valence-corrected chi connectivity index (χ1v) is 10.2. The molecule has 0 radical (unpaired) electrons. The largest absolute Gasteiger partial charge is 0.497 e. The average Bonchev–Trinajstić information content (AvgIpc) is 3.02. The summed E-state index contributed by atoms with van der Waals surface area (Å²) in [5.74, 6) is 1.11. The predicted octanol–water partition coefficient (Wildman–Crippen LogP) is 2.29. The number of methoxy groups -OCH3 is 2. The molecule has 3 rings (SSSR count). The van der Waals surface area contributed by atoms with Crippen molar-refractivity contribution in [1.82, 2.24) is 4.31 Å². The summed E-state index contributed by atoms with van der Waals surface area (Å²) in [5.41, 5.74) is -0.176. The Morgan fingerprint density at radius 1 is 1.20 bits per heavy atom. The highest BCUT2D eigenvalue weighted by Gasteiger charge is 2.47. The molecule has 0 saturated carbocycles. The molecule has 0 aliphatic carbocycles. The summed E-state index contributed by atoms with van der Waals surface area (Å²) >= 11 is 0. The van der Waals surface area contributed by atoms with Crippen LogP contribution >= 0.6 is 0 Å². The molecule has 0 aromatic heterocycles. The molecule has 2 aliphatic heterocycles. The van der Waals surface area contributed by atoms with Crippen molar-refractivity contribution in [2.75, 3.05) is 40.5 Å². The molecule has 2 aliphatic rings. The fourth-order valence-electron chi connectivity index (χ4n) is 4.01. The van der Waals surface area contributed by atoms with Gasteiger partial charge in [0.1, 0.15) is 5.75 Å². The molecule has 7 heteroatoms. The third kappa shape index (κ3) is 3.69. The van der Waals surface area contributed by atoms with Crippen LogP contribution in [0.25, 0.3) is 0 Å². The lowest BCUT2D eigenvalue weighted by Gasteiger charge is -2.41. The Bertz CT molecular complexity index is 665. The Labute approximate surface area is 150 Å². The summed E-state index contributed by atoms with van der Waals surface area (Å²) in [4.78, 5) is 0.313. The van der Waals surface area contributed by atoms with E-state index in [-0.39, 0.29) is 5.60 Å². The predicted molar refractivity (Wildman–Crippen MR) is 94.3 cm³/mol. The van der Waals surface area contributed by atoms with Gasteiger partial charge in [0.25, 0.3) is 0 Å². The molecule has 140 valence electrons. The first kappa shape index (κ1) is 18.6. The van der Waals surface area contributed by atoms with Crippen molar-refractivity contribution in [3.8, 4) is 5.75 Å². The quantitative estimate of drug-likeness (QED) is 0.770. The first-order valence-electron chi connectivity index (χ1n) is 8.79. The molecule has 0 amide bonds. The summed E-state index contributed by atoms with van der Waals surface area (Å²) in [5, 5.41) is 0. The van der Waals surface area contributed by atoms with E-state index in [2.05, 4.69) is 0 Å². The van der Waals surface area contributed by atoms with Gasteiger partial charge in [-0.25, -0.2) is 8.42 Å². The maximum absolute atomic E-state index is 12.9. The molecule has 1 aromatic carbocycles. The summed E-state index contributed by atoms with van der Waals surface area (Å²) < 4.78 is 43.7. The van der Waals surface area contributed by atoms with E-state index in [0.29, 0.717) is 29.7 Å². The van der Waals surface area contributed by atoms with Crippen LogP contribution in [0.15, 0.2) is 29.2 Å². The standard InChI is InChI=1S/C18H27NO5S/c1-22-13-7-15-8-14-24-18(15)9-11-19(12-10-18)25(20,21)17-5-3-16(23-2)4-6-17/h3-6,15H,7-14H2,1-2H3/t15-/m1/s1. The number of hydrogen-bond acceptors (Lipinski definition) is 5. The zero-order valence-electron chi connectivity index (χ0n) is 14.9. The zero-order chi connectivity index (χ0) is 17.9. The van der Waals surface area contributed by atoms with Gasteiger partial charge in [-0.1, -0.05) is 0 Å². The van der Waals surface area contributed by atoms with E-state index in [9.17, 15) is 8.42 Å². The average molecular weight is 369 g/mol. The number of piperidine rings is 1. The molecule has 2 fully saturated rings. The second-order valence-electron chi connectivity index (χ2n) is 6.76. The van der Waals surface area contributed by atoms with Crippen LogP contribution < -0.4 is 4.74 Å². The van der Waals surface area contributed by atoms with Crippen molar-refractivity contribution in [1.29, 1.82) is 0 Å². The lowest BCUT2D eigenvalue weighted by atomic mass is 9.78. The third-order valence-corrected chi connectivity index (χ3v) is 7.45. The number of nitrogens with zero attached hydrogens (tertiary/aromatic N) is 1. The van der Waals surface area contributed by atoms with Gasteiger partial charge in [0.15, 0.2) is 0 Å². The fourth-order valence-corrected chi connectivity index (χ4v) is 5.45. The molecule has 1 aromatic rings. The fraction of sp³-hybridized carbons (Fsp3) is 0.667.